The van der Waals surface area contributed by atoms with Gasteiger partial charge < -0.3 is 0 Å². The zero-order valence-electron chi connectivity index (χ0n) is 13.8. The van der Waals surface area contributed by atoms with Gasteiger partial charge in [-0.1, -0.05) is 0 Å². The number of halogens is 2. The van der Waals surface area contributed by atoms with Crippen LogP contribution in [0.1, 0.15) is 5.56 Å². The summed E-state index contributed by atoms with van der Waals surface area (Å²) in [5.41, 5.74) is -0.179. The second-order valence-electron chi connectivity index (χ2n) is 5.37. The fourth-order valence-corrected chi connectivity index (χ4v) is 7.31. The number of hydrogen-bond acceptors (Lipinski definition) is 6. The lowest BCUT2D eigenvalue weighted by molar-refractivity contribution is 0.583. The van der Waals surface area contributed by atoms with Gasteiger partial charge >= 0.3 is 0 Å². The van der Waals surface area contributed by atoms with Crippen molar-refractivity contribution < 1.29 is 25.6 Å². The molecule has 1 aromatic heterocycles. The van der Waals surface area contributed by atoms with Crippen molar-refractivity contribution in [3.63, 3.8) is 0 Å². The number of nitrogens with zero attached hydrogens (tertiary/aromatic N) is 2. The highest BCUT2D eigenvalue weighted by Crippen LogP contribution is 2.36. The van der Waals surface area contributed by atoms with Gasteiger partial charge in [-0.25, -0.2) is 8.78 Å². The number of rotatable bonds is 5. The Balaban J connectivity index is 2.29. The van der Waals surface area contributed by atoms with Gasteiger partial charge in [0, 0.05) is 0 Å². The molecule has 0 saturated heterocycles. The lowest BCUT2D eigenvalue weighted by Crippen LogP contribution is -2.37. The first-order valence-electron chi connectivity index (χ1n) is 7.47. The van der Waals surface area contributed by atoms with E-state index >= 15 is 0 Å². The largest absolute Gasteiger partial charge is 0.278 e. The first kappa shape index (κ1) is 19.9. The summed E-state index contributed by atoms with van der Waals surface area (Å²) in [6.45, 7) is 0. The van der Waals surface area contributed by atoms with Crippen molar-refractivity contribution in [1.82, 2.24) is 0 Å². The van der Waals surface area contributed by atoms with E-state index in [1.165, 1.54) is 11.4 Å². The second kappa shape index (κ2) is 7.31. The lowest BCUT2D eigenvalue weighted by atomic mass is 10.3. The van der Waals surface area contributed by atoms with Crippen LogP contribution in [-0.4, -0.2) is 16.8 Å². The standard InChI is InChI=1S/C17H10F2N2O4S3/c18-13-1-5-15(6-2-13)27(22,23)21(17-12(11-20)9-10-26-17)28(24,25)16-7-3-14(19)4-8-16/h1-10H. The van der Waals surface area contributed by atoms with Gasteiger partial charge in [-0.05, 0) is 60.0 Å². The predicted octanol–water partition coefficient (Wildman–Crippen LogP) is 3.48. The molecule has 144 valence electrons. The van der Waals surface area contributed by atoms with Gasteiger partial charge in [0.2, 0.25) is 0 Å². The third kappa shape index (κ3) is 3.49. The van der Waals surface area contributed by atoms with Crippen LogP contribution in [0.5, 0.6) is 0 Å². The van der Waals surface area contributed by atoms with Crippen molar-refractivity contribution >= 4 is 36.4 Å². The minimum absolute atomic E-state index is 0.115. The van der Waals surface area contributed by atoms with Gasteiger partial charge in [0.25, 0.3) is 20.0 Å². The Morgan fingerprint density at radius 3 is 1.61 bits per heavy atom. The van der Waals surface area contributed by atoms with Crippen molar-refractivity contribution in [1.29, 1.82) is 5.26 Å². The summed E-state index contributed by atoms with van der Waals surface area (Å²) in [6.07, 6.45) is 0. The molecule has 3 rings (SSSR count). The van der Waals surface area contributed by atoms with E-state index in [0.29, 0.717) is 0 Å². The molecule has 0 spiro atoms. The maximum atomic E-state index is 13.2. The molecule has 0 radical (unpaired) electrons. The first-order chi connectivity index (χ1) is 13.2. The first-order valence-corrected chi connectivity index (χ1v) is 11.2. The van der Waals surface area contributed by atoms with Gasteiger partial charge in [0.1, 0.15) is 22.7 Å². The normalized spacial score (nSPS) is 11.8. The summed E-state index contributed by atoms with van der Waals surface area (Å²) in [7, 11) is -9.49. The summed E-state index contributed by atoms with van der Waals surface area (Å²) >= 11 is 0.729. The van der Waals surface area contributed by atoms with E-state index in [4.69, 9.17) is 0 Å². The van der Waals surface area contributed by atoms with Crippen LogP contribution in [0, 0.1) is 23.0 Å². The Bertz CT molecular complexity index is 1190. The van der Waals surface area contributed by atoms with Crippen molar-refractivity contribution in [2.45, 2.75) is 9.79 Å². The minimum Gasteiger partial charge on any atom is -0.207 e. The smallest absolute Gasteiger partial charge is 0.207 e. The van der Waals surface area contributed by atoms with Crippen molar-refractivity contribution in [2.75, 3.05) is 3.71 Å². The fourth-order valence-electron chi connectivity index (χ4n) is 2.28. The number of anilines is 1. The molecule has 0 aliphatic rings. The molecule has 28 heavy (non-hydrogen) atoms. The average Bonchev–Trinajstić information content (AvgIpc) is 3.10. The van der Waals surface area contributed by atoms with E-state index in [2.05, 4.69) is 0 Å². The highest BCUT2D eigenvalue weighted by molar-refractivity contribution is 8.10. The molecule has 0 aliphatic heterocycles. The zero-order chi connectivity index (χ0) is 20.5. The number of hydrogen-bond donors (Lipinski definition) is 0. The van der Waals surface area contributed by atoms with Gasteiger partial charge in [0.05, 0.1) is 15.4 Å². The van der Waals surface area contributed by atoms with E-state index in [-0.39, 0.29) is 14.3 Å². The quantitative estimate of drug-likeness (QED) is 0.605. The molecule has 11 heteroatoms. The van der Waals surface area contributed by atoms with E-state index in [9.17, 15) is 30.9 Å². The molecule has 3 aromatic rings. The van der Waals surface area contributed by atoms with Crippen molar-refractivity contribution in [3.8, 4) is 6.07 Å². The second-order valence-corrected chi connectivity index (χ2v) is 10.1. The highest BCUT2D eigenvalue weighted by Gasteiger charge is 2.39. The van der Waals surface area contributed by atoms with Crippen LogP contribution in [0.4, 0.5) is 13.8 Å². The van der Waals surface area contributed by atoms with Gasteiger partial charge in [-0.3, -0.25) is 0 Å². The summed E-state index contributed by atoms with van der Waals surface area (Å²) < 4.78 is 79.1. The molecular formula is C17H10F2N2O4S3. The predicted molar refractivity (Wildman–Crippen MR) is 98.7 cm³/mol. The van der Waals surface area contributed by atoms with Crippen LogP contribution in [0.25, 0.3) is 0 Å². The van der Waals surface area contributed by atoms with E-state index in [1.807, 2.05) is 0 Å². The van der Waals surface area contributed by atoms with Gasteiger partial charge in [-0.15, -0.1) is 15.0 Å². The Morgan fingerprint density at radius 2 is 1.21 bits per heavy atom. The van der Waals surface area contributed by atoms with Crippen LogP contribution in [-0.2, 0) is 20.0 Å². The van der Waals surface area contributed by atoms with Crippen LogP contribution < -0.4 is 3.71 Å². The molecular weight excluding hydrogens is 430 g/mol. The molecule has 0 bridgehead atoms. The molecule has 0 atom stereocenters. The Morgan fingerprint density at radius 1 is 0.786 bits per heavy atom. The third-order valence-corrected chi connectivity index (χ3v) is 8.87. The van der Waals surface area contributed by atoms with Gasteiger partial charge in [-0.2, -0.15) is 22.1 Å². The van der Waals surface area contributed by atoms with Crippen molar-refractivity contribution in [3.05, 3.63) is 77.2 Å². The number of thiophene rings is 1. The molecule has 0 unspecified atom stereocenters. The van der Waals surface area contributed by atoms with Crippen molar-refractivity contribution in [2.24, 2.45) is 0 Å². The maximum Gasteiger partial charge on any atom is 0.278 e. The molecule has 6 nitrogen and oxygen atoms in total. The SMILES string of the molecule is N#Cc1ccsc1N(S(=O)(=O)c1ccc(F)cc1)S(=O)(=O)c1ccc(F)cc1. The highest BCUT2D eigenvalue weighted by atomic mass is 32.3. The number of sulfonamides is 2. The topological polar surface area (TPSA) is 95.3 Å². The van der Waals surface area contributed by atoms with Crippen LogP contribution in [0.15, 0.2) is 69.8 Å². The Hall–Kier alpha value is -2.81. The van der Waals surface area contributed by atoms with E-state index in [0.717, 1.165) is 59.9 Å². The summed E-state index contributed by atoms with van der Waals surface area (Å²) in [5, 5.41) is 10.3. The summed E-state index contributed by atoms with van der Waals surface area (Å²) in [4.78, 5) is -0.978. The van der Waals surface area contributed by atoms with Crippen LogP contribution in [0.2, 0.25) is 0 Å². The molecule has 0 saturated carbocycles. The maximum absolute atomic E-state index is 13.2. The fraction of sp³-hybridized carbons (Fsp3) is 0. The molecule has 2 aromatic carbocycles. The number of nitriles is 1. The lowest BCUT2D eigenvalue weighted by Gasteiger charge is -2.23. The molecule has 0 N–H and O–H groups in total. The number of benzene rings is 2. The van der Waals surface area contributed by atoms with E-state index in [1.54, 1.807) is 6.07 Å². The minimum atomic E-state index is -4.75. The zero-order valence-corrected chi connectivity index (χ0v) is 16.2. The molecule has 0 aliphatic carbocycles. The van der Waals surface area contributed by atoms with E-state index < -0.39 is 41.5 Å². The van der Waals surface area contributed by atoms with Gasteiger partial charge in [0.15, 0.2) is 0 Å². The van der Waals surface area contributed by atoms with Crippen LogP contribution in [0.3, 0.4) is 0 Å². The Kier molecular flexibility index (Phi) is 5.20. The summed E-state index contributed by atoms with van der Waals surface area (Å²) in [6, 6.07) is 10.2. The molecule has 0 amide bonds. The molecule has 0 fully saturated rings. The Labute approximate surface area is 164 Å². The van der Waals surface area contributed by atoms with Crippen LogP contribution >= 0.6 is 11.3 Å². The molecule has 1 heterocycles. The summed E-state index contributed by atoms with van der Waals surface area (Å²) in [5.74, 6) is -1.42. The third-order valence-electron chi connectivity index (χ3n) is 3.59. The average molecular weight is 440 g/mol. The monoisotopic (exact) mass is 440 g/mol.